The lowest BCUT2D eigenvalue weighted by atomic mass is 9.90. The van der Waals surface area contributed by atoms with Gasteiger partial charge in [-0.2, -0.15) is 0 Å². The van der Waals surface area contributed by atoms with Crippen LogP contribution in [0.3, 0.4) is 0 Å². The standard InChI is InChI=1S/C17H16O5/c1-19-15-5-10(2-3-13(15)18)12-4-11-6-16-17(22-9-21-16)7-14(11)20-8-12/h2-3,5-7,12,18H,4,8-9H2,1H3/t12-/m1/s1. The van der Waals surface area contributed by atoms with Crippen LogP contribution < -0.4 is 18.9 Å². The van der Waals surface area contributed by atoms with E-state index in [1.165, 1.54) is 0 Å². The van der Waals surface area contributed by atoms with E-state index >= 15 is 0 Å². The average molecular weight is 300 g/mol. The van der Waals surface area contributed by atoms with E-state index in [0.717, 1.165) is 34.8 Å². The summed E-state index contributed by atoms with van der Waals surface area (Å²) >= 11 is 0. The zero-order chi connectivity index (χ0) is 15.1. The van der Waals surface area contributed by atoms with Gasteiger partial charge in [-0.15, -0.1) is 0 Å². The highest BCUT2D eigenvalue weighted by Gasteiger charge is 2.26. The van der Waals surface area contributed by atoms with E-state index in [2.05, 4.69) is 0 Å². The Kier molecular flexibility index (Phi) is 2.99. The number of phenolic OH excluding ortho intramolecular Hbond substituents is 1. The van der Waals surface area contributed by atoms with Gasteiger partial charge in [0, 0.05) is 12.0 Å². The van der Waals surface area contributed by atoms with Gasteiger partial charge in [0.05, 0.1) is 13.7 Å². The third kappa shape index (κ3) is 2.09. The number of methoxy groups -OCH3 is 1. The Morgan fingerprint density at radius 1 is 1.05 bits per heavy atom. The Labute approximate surface area is 128 Å². The average Bonchev–Trinajstić information content (AvgIpc) is 2.99. The highest BCUT2D eigenvalue weighted by Crippen LogP contribution is 2.42. The van der Waals surface area contributed by atoms with E-state index in [-0.39, 0.29) is 18.5 Å². The maximum Gasteiger partial charge on any atom is 0.231 e. The van der Waals surface area contributed by atoms with Crippen LogP contribution in [0.4, 0.5) is 0 Å². The molecule has 0 aliphatic carbocycles. The van der Waals surface area contributed by atoms with Gasteiger partial charge in [-0.3, -0.25) is 0 Å². The first-order valence-electron chi connectivity index (χ1n) is 7.17. The van der Waals surface area contributed by atoms with Crippen LogP contribution in [-0.4, -0.2) is 25.6 Å². The molecule has 0 fully saturated rings. The van der Waals surface area contributed by atoms with Gasteiger partial charge in [0.25, 0.3) is 0 Å². The normalized spacial score (nSPS) is 18.5. The Morgan fingerprint density at radius 3 is 2.68 bits per heavy atom. The van der Waals surface area contributed by atoms with Crippen molar-refractivity contribution in [3.63, 3.8) is 0 Å². The van der Waals surface area contributed by atoms with Crippen molar-refractivity contribution in [3.8, 4) is 28.7 Å². The maximum atomic E-state index is 9.71. The molecule has 0 amide bonds. The van der Waals surface area contributed by atoms with Crippen LogP contribution in [0.25, 0.3) is 0 Å². The van der Waals surface area contributed by atoms with Crippen LogP contribution in [-0.2, 0) is 6.42 Å². The van der Waals surface area contributed by atoms with Crippen molar-refractivity contribution in [2.75, 3.05) is 20.5 Å². The summed E-state index contributed by atoms with van der Waals surface area (Å²) in [6.07, 6.45) is 0.847. The van der Waals surface area contributed by atoms with Gasteiger partial charge in [-0.25, -0.2) is 0 Å². The Bertz CT molecular complexity index is 725. The number of benzene rings is 2. The van der Waals surface area contributed by atoms with Crippen molar-refractivity contribution in [1.29, 1.82) is 0 Å². The summed E-state index contributed by atoms with van der Waals surface area (Å²) < 4.78 is 21.9. The lowest BCUT2D eigenvalue weighted by Crippen LogP contribution is -2.19. The van der Waals surface area contributed by atoms with Gasteiger partial charge in [0.1, 0.15) is 5.75 Å². The molecule has 4 rings (SSSR count). The maximum absolute atomic E-state index is 9.71. The molecule has 1 N–H and O–H groups in total. The fourth-order valence-corrected chi connectivity index (χ4v) is 2.94. The number of phenols is 1. The minimum atomic E-state index is 0.145. The van der Waals surface area contributed by atoms with E-state index < -0.39 is 0 Å². The van der Waals surface area contributed by atoms with Crippen LogP contribution in [0.2, 0.25) is 0 Å². The molecule has 0 saturated carbocycles. The summed E-state index contributed by atoms with van der Waals surface area (Å²) in [6.45, 7) is 0.845. The second kappa shape index (κ2) is 5.02. The monoisotopic (exact) mass is 300 g/mol. The minimum absolute atomic E-state index is 0.145. The zero-order valence-corrected chi connectivity index (χ0v) is 12.2. The second-order valence-electron chi connectivity index (χ2n) is 5.46. The molecule has 5 nitrogen and oxygen atoms in total. The van der Waals surface area contributed by atoms with Crippen molar-refractivity contribution in [2.45, 2.75) is 12.3 Å². The molecular formula is C17H16O5. The third-order valence-corrected chi connectivity index (χ3v) is 4.14. The highest BCUT2D eigenvalue weighted by atomic mass is 16.7. The van der Waals surface area contributed by atoms with E-state index in [4.69, 9.17) is 18.9 Å². The predicted molar refractivity (Wildman–Crippen MR) is 79.2 cm³/mol. The van der Waals surface area contributed by atoms with E-state index in [9.17, 15) is 5.11 Å². The lowest BCUT2D eigenvalue weighted by molar-refractivity contribution is 0.174. The number of hydrogen-bond donors (Lipinski definition) is 1. The van der Waals surface area contributed by atoms with Gasteiger partial charge in [0.15, 0.2) is 23.0 Å². The Morgan fingerprint density at radius 2 is 1.86 bits per heavy atom. The first kappa shape index (κ1) is 13.1. The lowest BCUT2D eigenvalue weighted by Gasteiger charge is -2.26. The van der Waals surface area contributed by atoms with Crippen LogP contribution in [0.5, 0.6) is 28.7 Å². The van der Waals surface area contributed by atoms with Crippen molar-refractivity contribution in [2.24, 2.45) is 0 Å². The number of hydrogen-bond acceptors (Lipinski definition) is 5. The molecule has 0 radical (unpaired) electrons. The number of aromatic hydroxyl groups is 1. The minimum Gasteiger partial charge on any atom is -0.504 e. The van der Waals surface area contributed by atoms with E-state index in [1.54, 1.807) is 13.2 Å². The molecule has 5 heteroatoms. The Hall–Kier alpha value is -2.56. The van der Waals surface area contributed by atoms with Crippen LogP contribution >= 0.6 is 0 Å². The molecule has 0 spiro atoms. The number of ether oxygens (including phenoxy) is 4. The predicted octanol–water partition coefficient (Wildman–Crippen LogP) is 2.85. The van der Waals surface area contributed by atoms with E-state index in [1.807, 2.05) is 24.3 Å². The summed E-state index contributed by atoms with van der Waals surface area (Å²) in [6, 6.07) is 9.31. The molecule has 1 atom stereocenters. The molecule has 2 aliphatic heterocycles. The molecule has 2 heterocycles. The first-order chi connectivity index (χ1) is 10.7. The third-order valence-electron chi connectivity index (χ3n) is 4.14. The fourth-order valence-electron chi connectivity index (χ4n) is 2.94. The summed E-state index contributed by atoms with van der Waals surface area (Å²) in [5.74, 6) is 3.20. The van der Waals surface area contributed by atoms with E-state index in [0.29, 0.717) is 12.4 Å². The molecule has 22 heavy (non-hydrogen) atoms. The zero-order valence-electron chi connectivity index (χ0n) is 12.2. The fraction of sp³-hybridized carbons (Fsp3) is 0.294. The molecule has 0 saturated heterocycles. The summed E-state index contributed by atoms with van der Waals surface area (Å²) in [4.78, 5) is 0. The van der Waals surface area contributed by atoms with Crippen molar-refractivity contribution in [1.82, 2.24) is 0 Å². The molecule has 0 aromatic heterocycles. The summed E-state index contributed by atoms with van der Waals surface area (Å²) in [7, 11) is 1.55. The first-order valence-corrected chi connectivity index (χ1v) is 7.17. The number of fused-ring (bicyclic) bond motifs is 2. The van der Waals surface area contributed by atoms with Gasteiger partial charge in [-0.1, -0.05) is 6.07 Å². The van der Waals surface area contributed by atoms with Gasteiger partial charge in [0.2, 0.25) is 6.79 Å². The van der Waals surface area contributed by atoms with Crippen molar-refractivity contribution < 1.29 is 24.1 Å². The van der Waals surface area contributed by atoms with Gasteiger partial charge >= 0.3 is 0 Å². The largest absolute Gasteiger partial charge is 0.504 e. The molecule has 0 bridgehead atoms. The molecule has 114 valence electrons. The highest BCUT2D eigenvalue weighted by molar-refractivity contribution is 5.53. The molecule has 0 unspecified atom stereocenters. The van der Waals surface area contributed by atoms with Crippen LogP contribution in [0, 0.1) is 0 Å². The topological polar surface area (TPSA) is 57.2 Å². The molecule has 2 aromatic rings. The Balaban J connectivity index is 1.64. The second-order valence-corrected chi connectivity index (χ2v) is 5.46. The summed E-state index contributed by atoms with van der Waals surface area (Å²) in [5, 5.41) is 9.71. The molecular weight excluding hydrogens is 284 g/mol. The SMILES string of the molecule is COc1cc([C@H]2COc3cc4c(cc3C2)OCO4)ccc1O. The molecule has 2 aliphatic rings. The van der Waals surface area contributed by atoms with Crippen molar-refractivity contribution >= 4 is 0 Å². The smallest absolute Gasteiger partial charge is 0.231 e. The molecule has 2 aromatic carbocycles. The summed E-state index contributed by atoms with van der Waals surface area (Å²) in [5.41, 5.74) is 2.19. The quantitative estimate of drug-likeness (QED) is 0.924. The van der Waals surface area contributed by atoms with Crippen LogP contribution in [0.1, 0.15) is 17.0 Å². The van der Waals surface area contributed by atoms with Gasteiger partial charge in [-0.05, 0) is 35.7 Å². The van der Waals surface area contributed by atoms with Crippen molar-refractivity contribution in [3.05, 3.63) is 41.5 Å². The number of rotatable bonds is 2. The van der Waals surface area contributed by atoms with Gasteiger partial charge < -0.3 is 24.1 Å². The van der Waals surface area contributed by atoms with Crippen LogP contribution in [0.15, 0.2) is 30.3 Å².